The van der Waals surface area contributed by atoms with Crippen molar-refractivity contribution in [3.8, 4) is 5.75 Å². The molecule has 3 heterocycles. The molecule has 0 atom stereocenters. The lowest BCUT2D eigenvalue weighted by atomic mass is 10.1. The number of imide groups is 1. The van der Waals surface area contributed by atoms with Gasteiger partial charge in [0, 0.05) is 12.4 Å². The van der Waals surface area contributed by atoms with E-state index in [1.807, 2.05) is 50.2 Å². The molecule has 1 aromatic carbocycles. The van der Waals surface area contributed by atoms with Crippen LogP contribution in [0.5, 0.6) is 5.75 Å². The number of rotatable bonds is 8. The summed E-state index contributed by atoms with van der Waals surface area (Å²) in [6, 6.07) is 14.6. The first kappa shape index (κ1) is 20.9. The molecule has 7 heteroatoms. The maximum Gasteiger partial charge on any atom is 0.268 e. The normalized spacial score (nSPS) is 14.1. The van der Waals surface area contributed by atoms with Crippen LogP contribution >= 0.6 is 11.8 Å². The molecule has 3 aromatic rings. The van der Waals surface area contributed by atoms with Gasteiger partial charge in [-0.15, -0.1) is 11.8 Å². The molecular formula is C24H22N2O4S. The minimum atomic E-state index is -0.312. The van der Waals surface area contributed by atoms with Crippen molar-refractivity contribution in [1.29, 1.82) is 0 Å². The Morgan fingerprint density at radius 2 is 1.87 bits per heavy atom. The second kappa shape index (κ2) is 9.22. The molecule has 0 unspecified atom stereocenters. The third-order valence-electron chi connectivity index (χ3n) is 4.64. The van der Waals surface area contributed by atoms with Crippen molar-refractivity contribution in [3.63, 3.8) is 0 Å². The summed E-state index contributed by atoms with van der Waals surface area (Å²) in [6.07, 6.45) is 4.96. The van der Waals surface area contributed by atoms with Crippen molar-refractivity contribution in [1.82, 2.24) is 9.88 Å². The molecule has 2 aromatic heterocycles. The summed E-state index contributed by atoms with van der Waals surface area (Å²) in [6.45, 7) is 4.08. The van der Waals surface area contributed by atoms with Gasteiger partial charge in [0.05, 0.1) is 35.1 Å². The molecule has 0 saturated carbocycles. The lowest BCUT2D eigenvalue weighted by Crippen LogP contribution is -2.31. The van der Waals surface area contributed by atoms with Gasteiger partial charge in [-0.1, -0.05) is 18.2 Å². The minimum Gasteiger partial charge on any atom is -0.491 e. The lowest BCUT2D eigenvalue weighted by Gasteiger charge is -2.15. The second-order valence-corrected chi connectivity index (χ2v) is 8.31. The molecule has 31 heavy (non-hydrogen) atoms. The number of thioether (sulfide) groups is 1. The van der Waals surface area contributed by atoms with E-state index in [2.05, 4.69) is 4.98 Å². The van der Waals surface area contributed by atoms with Crippen LogP contribution < -0.4 is 4.74 Å². The zero-order valence-electron chi connectivity index (χ0n) is 17.3. The number of carbonyl (C=O) groups is 2. The fourth-order valence-corrected chi connectivity index (χ4v) is 4.30. The Morgan fingerprint density at radius 3 is 2.52 bits per heavy atom. The van der Waals surface area contributed by atoms with Crippen LogP contribution in [0.1, 0.15) is 30.7 Å². The maximum atomic E-state index is 13.3. The van der Waals surface area contributed by atoms with Crippen molar-refractivity contribution in [2.24, 2.45) is 0 Å². The molecule has 0 saturated heterocycles. The number of hydrogen-bond acceptors (Lipinski definition) is 6. The van der Waals surface area contributed by atoms with Gasteiger partial charge in [0.2, 0.25) is 0 Å². The summed E-state index contributed by atoms with van der Waals surface area (Å²) in [5, 5.41) is 0. The Kier molecular flexibility index (Phi) is 6.23. The smallest absolute Gasteiger partial charge is 0.268 e. The molecular weight excluding hydrogens is 412 g/mol. The first-order valence-electron chi connectivity index (χ1n) is 9.94. The summed E-state index contributed by atoms with van der Waals surface area (Å²) >= 11 is 1.31. The van der Waals surface area contributed by atoms with E-state index in [9.17, 15) is 9.59 Å². The zero-order valence-corrected chi connectivity index (χ0v) is 18.1. The van der Waals surface area contributed by atoms with E-state index in [-0.39, 0.29) is 24.5 Å². The van der Waals surface area contributed by atoms with E-state index in [0.717, 1.165) is 11.3 Å². The predicted molar refractivity (Wildman–Crippen MR) is 119 cm³/mol. The number of ether oxygens (including phenoxy) is 1. The Bertz CT molecular complexity index is 1090. The molecule has 158 valence electrons. The number of nitrogens with zero attached hydrogens (tertiary/aromatic N) is 2. The van der Waals surface area contributed by atoms with Crippen LogP contribution in [-0.2, 0) is 21.9 Å². The van der Waals surface area contributed by atoms with Gasteiger partial charge in [0.15, 0.2) is 0 Å². The number of furan rings is 1. The molecule has 6 nitrogen and oxygen atoms in total. The molecule has 2 amide bonds. The van der Waals surface area contributed by atoms with Crippen molar-refractivity contribution in [2.45, 2.75) is 32.2 Å². The molecule has 0 aliphatic carbocycles. The Hall–Kier alpha value is -3.32. The van der Waals surface area contributed by atoms with Gasteiger partial charge in [0.25, 0.3) is 11.8 Å². The summed E-state index contributed by atoms with van der Waals surface area (Å²) in [5.41, 5.74) is 1.88. The number of carbonyl (C=O) groups excluding carboxylic acids is 2. The third-order valence-corrected chi connectivity index (χ3v) is 5.74. The van der Waals surface area contributed by atoms with Crippen LogP contribution in [0.15, 0.2) is 76.5 Å². The Balaban J connectivity index is 1.65. The highest BCUT2D eigenvalue weighted by Gasteiger charge is 2.39. The highest BCUT2D eigenvalue weighted by atomic mass is 32.2. The highest BCUT2D eigenvalue weighted by molar-refractivity contribution is 8.03. The average Bonchev–Trinajstić information content (AvgIpc) is 3.36. The monoisotopic (exact) mass is 434 g/mol. The number of pyridine rings is 1. The fraction of sp³-hybridized carbons (Fsp3) is 0.208. The standard InChI is InChI=1S/C24H22N2O4S/c1-16(2)30-19-9-7-18(8-10-19)21-22(31-15-20-6-4-12-29-20)24(28)26(23(21)27)14-17-5-3-11-25-13-17/h3-13,16H,14-15H2,1-2H3. The predicted octanol–water partition coefficient (Wildman–Crippen LogP) is 4.68. The number of aromatic nitrogens is 1. The average molecular weight is 435 g/mol. The van der Waals surface area contributed by atoms with Gasteiger partial charge in [-0.3, -0.25) is 19.5 Å². The van der Waals surface area contributed by atoms with E-state index in [4.69, 9.17) is 9.15 Å². The van der Waals surface area contributed by atoms with Crippen LogP contribution in [0.4, 0.5) is 0 Å². The van der Waals surface area contributed by atoms with E-state index < -0.39 is 0 Å². The van der Waals surface area contributed by atoms with Crippen molar-refractivity contribution in [3.05, 3.63) is 89.0 Å². The lowest BCUT2D eigenvalue weighted by molar-refractivity contribution is -0.137. The third kappa shape index (κ3) is 4.72. The number of hydrogen-bond donors (Lipinski definition) is 0. The molecule has 0 radical (unpaired) electrons. The summed E-state index contributed by atoms with van der Waals surface area (Å²) in [4.78, 5) is 32.3. The van der Waals surface area contributed by atoms with Gasteiger partial charge in [-0.25, -0.2) is 0 Å². The van der Waals surface area contributed by atoms with Gasteiger partial charge in [-0.2, -0.15) is 0 Å². The number of benzene rings is 1. The van der Waals surface area contributed by atoms with Crippen LogP contribution in [0.25, 0.3) is 5.57 Å². The van der Waals surface area contributed by atoms with Crippen LogP contribution in [0, 0.1) is 0 Å². The number of amides is 2. The van der Waals surface area contributed by atoms with Gasteiger partial charge >= 0.3 is 0 Å². The van der Waals surface area contributed by atoms with Crippen LogP contribution in [-0.4, -0.2) is 27.8 Å². The topological polar surface area (TPSA) is 72.6 Å². The largest absolute Gasteiger partial charge is 0.491 e. The summed E-state index contributed by atoms with van der Waals surface area (Å²) in [7, 11) is 0. The maximum absolute atomic E-state index is 13.3. The molecule has 0 N–H and O–H groups in total. The molecule has 0 bridgehead atoms. The van der Waals surface area contributed by atoms with Crippen LogP contribution in [0.2, 0.25) is 0 Å². The minimum absolute atomic E-state index is 0.0501. The first-order valence-corrected chi connectivity index (χ1v) is 10.9. The van der Waals surface area contributed by atoms with Crippen LogP contribution in [0.3, 0.4) is 0 Å². The molecule has 1 aliphatic rings. The zero-order chi connectivity index (χ0) is 21.8. The first-order chi connectivity index (χ1) is 15.0. The second-order valence-electron chi connectivity index (χ2n) is 7.32. The fourth-order valence-electron chi connectivity index (χ4n) is 3.27. The van der Waals surface area contributed by atoms with E-state index in [1.165, 1.54) is 16.7 Å². The highest BCUT2D eigenvalue weighted by Crippen LogP contribution is 2.38. The van der Waals surface area contributed by atoms with E-state index in [0.29, 0.717) is 27.5 Å². The van der Waals surface area contributed by atoms with E-state index in [1.54, 1.807) is 30.8 Å². The Labute approximate surface area is 184 Å². The van der Waals surface area contributed by atoms with Crippen molar-refractivity contribution >= 4 is 29.1 Å². The Morgan fingerprint density at radius 1 is 1.06 bits per heavy atom. The summed E-state index contributed by atoms with van der Waals surface area (Å²) in [5.74, 6) is 1.30. The van der Waals surface area contributed by atoms with Crippen molar-refractivity contribution in [2.75, 3.05) is 0 Å². The van der Waals surface area contributed by atoms with Crippen molar-refractivity contribution < 1.29 is 18.7 Å². The van der Waals surface area contributed by atoms with Gasteiger partial charge in [-0.05, 0) is 55.3 Å². The molecule has 0 fully saturated rings. The van der Waals surface area contributed by atoms with Gasteiger partial charge in [0.1, 0.15) is 11.5 Å². The van der Waals surface area contributed by atoms with E-state index >= 15 is 0 Å². The molecule has 1 aliphatic heterocycles. The summed E-state index contributed by atoms with van der Waals surface area (Å²) < 4.78 is 11.1. The molecule has 4 rings (SSSR count). The quantitative estimate of drug-likeness (QED) is 0.480. The SMILES string of the molecule is CC(C)Oc1ccc(C2=C(SCc3ccco3)C(=O)N(Cc3cccnc3)C2=O)cc1. The van der Waals surface area contributed by atoms with Gasteiger partial charge < -0.3 is 9.15 Å². The molecule has 0 spiro atoms.